The van der Waals surface area contributed by atoms with Crippen LogP contribution in [0.2, 0.25) is 19.1 Å². The second-order valence-electron chi connectivity index (χ2n) is 7.64. The van der Waals surface area contributed by atoms with E-state index >= 15 is 0 Å². The number of esters is 1. The number of carbonyl (C=O) groups is 2. The van der Waals surface area contributed by atoms with E-state index in [-0.39, 0.29) is 12.4 Å². The van der Waals surface area contributed by atoms with E-state index in [1.807, 2.05) is 0 Å². The molecule has 1 aromatic rings. The van der Waals surface area contributed by atoms with Crippen LogP contribution in [-0.2, 0) is 14.0 Å². The van der Waals surface area contributed by atoms with E-state index in [1.165, 1.54) is 0 Å². The molecule has 28 heavy (non-hydrogen) atoms. The van der Waals surface area contributed by atoms with Gasteiger partial charge in [0, 0.05) is 25.0 Å². The number of aryl methyl sites for hydroxylation is 2. The Kier molecular flexibility index (Phi) is 9.90. The third kappa shape index (κ3) is 8.24. The number of nitrogens with zero attached hydrogens (tertiary/aromatic N) is 1. The van der Waals surface area contributed by atoms with Gasteiger partial charge >= 0.3 is 12.0 Å². The Morgan fingerprint density at radius 2 is 1.71 bits per heavy atom. The van der Waals surface area contributed by atoms with Crippen molar-refractivity contribution in [2.24, 2.45) is 0 Å². The number of ether oxygens (including phenoxy) is 1. The summed E-state index contributed by atoms with van der Waals surface area (Å²) < 4.78 is 10.8. The molecule has 0 saturated heterocycles. The number of benzene rings is 1. The Hall–Kier alpha value is -2.17. The first-order valence-corrected chi connectivity index (χ1v) is 12.8. The summed E-state index contributed by atoms with van der Waals surface area (Å²) in [6, 6.07) is 6.75. The molecule has 0 saturated carbocycles. The minimum Gasteiger partial charge on any atom is -0.498 e. The SMILES string of the molecule is CO[Si](C)(C)CCCCC(=O)CCCOC(=O)c1cc(C)c(C#[N+][O-])c(C)c1. The molecule has 6 nitrogen and oxygen atoms in total. The van der Waals surface area contributed by atoms with Crippen molar-refractivity contribution in [3.8, 4) is 6.07 Å². The highest BCUT2D eigenvalue weighted by Crippen LogP contribution is 2.17. The van der Waals surface area contributed by atoms with Crippen molar-refractivity contribution < 1.29 is 18.8 Å². The first kappa shape index (κ1) is 23.9. The molecule has 1 aromatic carbocycles. The van der Waals surface area contributed by atoms with E-state index in [9.17, 15) is 14.8 Å². The van der Waals surface area contributed by atoms with E-state index in [1.54, 1.807) is 33.1 Å². The van der Waals surface area contributed by atoms with Crippen LogP contribution in [0.1, 0.15) is 59.2 Å². The summed E-state index contributed by atoms with van der Waals surface area (Å²) in [5, 5.41) is 13.1. The standard InChI is InChI=1S/C21H31NO5Si/c1-16-13-18(14-17(2)20(16)15-22-25)21(24)27-11-8-10-19(23)9-6-7-12-28(4,5)26-3/h13-14H,6-12H2,1-5H3. The Balaban J connectivity index is 2.33. The highest BCUT2D eigenvalue weighted by atomic mass is 28.4. The summed E-state index contributed by atoms with van der Waals surface area (Å²) in [5.74, 6) is -0.229. The first-order chi connectivity index (χ1) is 13.2. The molecule has 0 aliphatic carbocycles. The van der Waals surface area contributed by atoms with Crippen LogP contribution in [0.15, 0.2) is 12.1 Å². The predicted octanol–water partition coefficient (Wildman–Crippen LogP) is 5.01. The van der Waals surface area contributed by atoms with Gasteiger partial charge in [0.25, 0.3) is 0 Å². The molecule has 0 radical (unpaired) electrons. The molecule has 0 N–H and O–H groups in total. The predicted molar refractivity (Wildman–Crippen MR) is 113 cm³/mol. The summed E-state index contributed by atoms with van der Waals surface area (Å²) in [6.45, 7) is 8.13. The van der Waals surface area contributed by atoms with Gasteiger partial charge in [0.15, 0.2) is 8.32 Å². The number of hydrogen-bond acceptors (Lipinski definition) is 5. The topological polar surface area (TPSA) is 80.0 Å². The van der Waals surface area contributed by atoms with Crippen molar-refractivity contribution in [1.29, 1.82) is 0 Å². The van der Waals surface area contributed by atoms with E-state index in [0.717, 1.165) is 30.0 Å². The molecular weight excluding hydrogens is 374 g/mol. The maximum atomic E-state index is 12.2. The Labute approximate surface area is 168 Å². The van der Waals surface area contributed by atoms with E-state index in [0.29, 0.717) is 30.4 Å². The fraction of sp³-hybridized carbons (Fsp3) is 0.571. The van der Waals surface area contributed by atoms with Crippen molar-refractivity contribution in [2.45, 2.75) is 65.1 Å². The van der Waals surface area contributed by atoms with Crippen LogP contribution in [0, 0.1) is 25.1 Å². The molecule has 7 heteroatoms. The molecule has 0 atom stereocenters. The van der Waals surface area contributed by atoms with Gasteiger partial charge in [0.2, 0.25) is 0 Å². The second kappa shape index (κ2) is 11.6. The number of hydrogen-bond donors (Lipinski definition) is 0. The van der Waals surface area contributed by atoms with Gasteiger partial charge in [-0.25, -0.2) is 4.79 Å². The van der Waals surface area contributed by atoms with Crippen LogP contribution in [0.25, 0.3) is 5.01 Å². The lowest BCUT2D eigenvalue weighted by Crippen LogP contribution is -2.27. The summed E-state index contributed by atoms with van der Waals surface area (Å²) in [5.41, 5.74) is 2.49. The quantitative estimate of drug-likeness (QED) is 0.224. The highest BCUT2D eigenvalue weighted by molar-refractivity contribution is 6.71. The van der Waals surface area contributed by atoms with E-state index in [2.05, 4.69) is 24.2 Å². The average molecular weight is 406 g/mol. The average Bonchev–Trinajstić information content (AvgIpc) is 2.65. The fourth-order valence-electron chi connectivity index (χ4n) is 2.92. The van der Waals surface area contributed by atoms with Crippen molar-refractivity contribution in [2.75, 3.05) is 13.7 Å². The molecule has 0 spiro atoms. The monoisotopic (exact) mass is 405 g/mol. The van der Waals surface area contributed by atoms with Gasteiger partial charge in [-0.15, -0.1) is 0 Å². The third-order valence-electron chi connectivity index (χ3n) is 4.80. The number of carbonyl (C=O) groups excluding carboxylic acids is 2. The van der Waals surface area contributed by atoms with Gasteiger partial charge in [-0.2, -0.15) is 0 Å². The third-order valence-corrected chi connectivity index (χ3v) is 7.46. The van der Waals surface area contributed by atoms with Crippen molar-refractivity contribution in [1.82, 2.24) is 0 Å². The Morgan fingerprint density at radius 3 is 2.29 bits per heavy atom. The second-order valence-corrected chi connectivity index (χ2v) is 12.1. The van der Waals surface area contributed by atoms with E-state index in [4.69, 9.17) is 9.16 Å². The molecule has 154 valence electrons. The largest absolute Gasteiger partial charge is 0.498 e. The Bertz CT molecular complexity index is 726. The van der Waals surface area contributed by atoms with Gasteiger partial charge in [0.1, 0.15) is 11.3 Å². The summed E-state index contributed by atoms with van der Waals surface area (Å²) in [7, 11) is 0.224. The maximum absolute atomic E-state index is 12.2. The Morgan fingerprint density at radius 1 is 1.11 bits per heavy atom. The van der Waals surface area contributed by atoms with E-state index < -0.39 is 14.3 Å². The zero-order chi connectivity index (χ0) is 21.2. The molecular formula is C21H31NO5Si. The van der Waals surface area contributed by atoms with Gasteiger partial charge in [-0.05, 0) is 69.1 Å². The molecule has 0 aliphatic rings. The minimum atomic E-state index is -1.54. The molecule has 0 fully saturated rings. The van der Waals surface area contributed by atoms with Crippen LogP contribution in [0.3, 0.4) is 0 Å². The normalized spacial score (nSPS) is 10.9. The summed E-state index contributed by atoms with van der Waals surface area (Å²) in [6.07, 6.45) is 3.41. The zero-order valence-corrected chi connectivity index (χ0v) is 18.6. The maximum Gasteiger partial charge on any atom is 0.338 e. The summed E-state index contributed by atoms with van der Waals surface area (Å²) in [4.78, 5) is 24.1. The number of ketones is 1. The molecule has 1 rings (SSSR count). The number of unbranched alkanes of at least 4 members (excludes halogenated alkanes) is 1. The lowest BCUT2D eigenvalue weighted by atomic mass is 10.0. The molecule has 0 heterocycles. The highest BCUT2D eigenvalue weighted by Gasteiger charge is 2.19. The van der Waals surface area contributed by atoms with Crippen molar-refractivity contribution in [3.63, 3.8) is 0 Å². The van der Waals surface area contributed by atoms with Crippen LogP contribution in [-0.4, -0.2) is 33.8 Å². The van der Waals surface area contributed by atoms with Crippen LogP contribution >= 0.6 is 0 Å². The summed E-state index contributed by atoms with van der Waals surface area (Å²) >= 11 is 0. The molecule has 0 aromatic heterocycles. The number of rotatable bonds is 11. The van der Waals surface area contributed by atoms with Crippen LogP contribution in [0.4, 0.5) is 0 Å². The van der Waals surface area contributed by atoms with Crippen molar-refractivity contribution in [3.05, 3.63) is 44.6 Å². The first-order valence-electron chi connectivity index (χ1n) is 9.63. The van der Waals surface area contributed by atoms with Gasteiger partial charge < -0.3 is 14.4 Å². The zero-order valence-electron chi connectivity index (χ0n) is 17.6. The van der Waals surface area contributed by atoms with Crippen molar-refractivity contribution >= 4 is 20.1 Å². The van der Waals surface area contributed by atoms with Gasteiger partial charge in [-0.1, -0.05) is 6.42 Å². The lowest BCUT2D eigenvalue weighted by Gasteiger charge is -2.19. The minimum absolute atomic E-state index is 0.205. The molecule has 0 amide bonds. The number of Topliss-reactive ketones (excluding diaryl/α,β-unsaturated/α-hetero) is 1. The molecule has 0 bridgehead atoms. The fourth-order valence-corrected chi connectivity index (χ4v) is 4.23. The van der Waals surface area contributed by atoms with Crippen LogP contribution < -0.4 is 0 Å². The molecule has 0 aliphatic heterocycles. The lowest BCUT2D eigenvalue weighted by molar-refractivity contribution is -0.119. The molecule has 0 unspecified atom stereocenters. The smallest absolute Gasteiger partial charge is 0.338 e. The van der Waals surface area contributed by atoms with Crippen LogP contribution in [0.5, 0.6) is 0 Å². The van der Waals surface area contributed by atoms with Gasteiger partial charge in [0.05, 0.1) is 12.2 Å². The van der Waals surface area contributed by atoms with Gasteiger partial charge in [-0.3, -0.25) is 4.79 Å².